The Morgan fingerprint density at radius 3 is 1.56 bits per heavy atom. The fourth-order valence-electron chi connectivity index (χ4n) is 0.955. The van der Waals surface area contributed by atoms with Gasteiger partial charge in [-0.1, -0.05) is 13.8 Å². The van der Waals surface area contributed by atoms with Crippen LogP contribution in [0.1, 0.15) is 46.5 Å². The third-order valence-corrected chi connectivity index (χ3v) is 1.72. The molecule has 0 saturated carbocycles. The molecule has 0 aliphatic rings. The summed E-state index contributed by atoms with van der Waals surface area (Å²) in [6.07, 6.45) is 0.251. The highest BCUT2D eigenvalue weighted by Crippen LogP contribution is 2.04. The molecule has 92 valence electrons. The first-order valence-electron chi connectivity index (χ1n) is 5.40. The highest BCUT2D eigenvalue weighted by molar-refractivity contribution is 5.84. The standard InChI is InChI=1S/C11H18O5/c1-4-6-9(13)15-11(8(3)12)16-10(14)7-5-2/h11H,4-7H2,1-3H3. The van der Waals surface area contributed by atoms with Gasteiger partial charge in [-0.2, -0.15) is 0 Å². The SMILES string of the molecule is CCCC(=O)OC(OC(=O)CCC)C(C)=O. The summed E-state index contributed by atoms with van der Waals surface area (Å²) in [6, 6.07) is 0. The zero-order valence-corrected chi connectivity index (χ0v) is 9.95. The number of hydrogen-bond acceptors (Lipinski definition) is 5. The van der Waals surface area contributed by atoms with E-state index in [0.29, 0.717) is 12.8 Å². The molecule has 0 aromatic rings. The lowest BCUT2D eigenvalue weighted by Gasteiger charge is -2.15. The molecule has 5 heteroatoms. The van der Waals surface area contributed by atoms with E-state index in [1.54, 1.807) is 0 Å². The van der Waals surface area contributed by atoms with Gasteiger partial charge >= 0.3 is 18.2 Å². The summed E-state index contributed by atoms with van der Waals surface area (Å²) >= 11 is 0. The third-order valence-electron chi connectivity index (χ3n) is 1.72. The van der Waals surface area contributed by atoms with E-state index in [1.165, 1.54) is 6.92 Å². The average molecular weight is 230 g/mol. The molecule has 16 heavy (non-hydrogen) atoms. The number of rotatable bonds is 7. The molecule has 0 N–H and O–H groups in total. The number of ether oxygens (including phenoxy) is 2. The zero-order valence-electron chi connectivity index (χ0n) is 9.95. The molecular formula is C11H18O5. The smallest absolute Gasteiger partial charge is 0.309 e. The van der Waals surface area contributed by atoms with Crippen LogP contribution >= 0.6 is 0 Å². The lowest BCUT2D eigenvalue weighted by atomic mass is 10.3. The van der Waals surface area contributed by atoms with Crippen LogP contribution in [0.5, 0.6) is 0 Å². The quantitative estimate of drug-likeness (QED) is 0.490. The van der Waals surface area contributed by atoms with E-state index in [9.17, 15) is 14.4 Å². The van der Waals surface area contributed by atoms with Crippen LogP contribution in [0.3, 0.4) is 0 Å². The van der Waals surface area contributed by atoms with E-state index in [4.69, 9.17) is 9.47 Å². The first-order valence-corrected chi connectivity index (χ1v) is 5.40. The van der Waals surface area contributed by atoms with Crippen molar-refractivity contribution >= 4 is 17.7 Å². The van der Waals surface area contributed by atoms with Gasteiger partial charge in [-0.25, -0.2) is 0 Å². The van der Waals surface area contributed by atoms with Gasteiger partial charge in [0.05, 0.1) is 0 Å². The predicted molar refractivity (Wildman–Crippen MR) is 56.5 cm³/mol. The van der Waals surface area contributed by atoms with E-state index in [-0.39, 0.29) is 12.8 Å². The molecule has 0 aromatic carbocycles. The van der Waals surface area contributed by atoms with Crippen LogP contribution in [0.2, 0.25) is 0 Å². The molecule has 0 unspecified atom stereocenters. The molecule has 0 aromatic heterocycles. The van der Waals surface area contributed by atoms with Gasteiger partial charge in [0.1, 0.15) is 0 Å². The Bertz CT molecular complexity index is 239. The summed E-state index contributed by atoms with van der Waals surface area (Å²) in [4.78, 5) is 33.3. The summed E-state index contributed by atoms with van der Waals surface area (Å²) in [7, 11) is 0. The van der Waals surface area contributed by atoms with Gasteiger partial charge in [0.15, 0.2) is 0 Å². The highest BCUT2D eigenvalue weighted by atomic mass is 16.7. The van der Waals surface area contributed by atoms with Crippen LogP contribution in [0.15, 0.2) is 0 Å². The van der Waals surface area contributed by atoms with Gasteiger partial charge < -0.3 is 9.47 Å². The Morgan fingerprint density at radius 2 is 1.31 bits per heavy atom. The Kier molecular flexibility index (Phi) is 7.16. The van der Waals surface area contributed by atoms with Crippen molar-refractivity contribution in [2.45, 2.75) is 52.7 Å². The van der Waals surface area contributed by atoms with Gasteiger partial charge in [0.25, 0.3) is 0 Å². The Balaban J connectivity index is 4.22. The van der Waals surface area contributed by atoms with Gasteiger partial charge in [-0.05, 0) is 12.8 Å². The lowest BCUT2D eigenvalue weighted by molar-refractivity contribution is -0.191. The van der Waals surface area contributed by atoms with Crippen molar-refractivity contribution in [3.63, 3.8) is 0 Å². The predicted octanol–water partition coefficient (Wildman–Crippen LogP) is 1.59. The molecule has 0 heterocycles. The monoisotopic (exact) mass is 230 g/mol. The number of hydrogen-bond donors (Lipinski definition) is 0. The van der Waals surface area contributed by atoms with Crippen molar-refractivity contribution in [2.24, 2.45) is 0 Å². The zero-order chi connectivity index (χ0) is 12.6. The van der Waals surface area contributed by atoms with Gasteiger partial charge in [-0.15, -0.1) is 0 Å². The van der Waals surface area contributed by atoms with Gasteiger partial charge in [-0.3, -0.25) is 14.4 Å². The third kappa shape index (κ3) is 6.16. The summed E-state index contributed by atoms with van der Waals surface area (Å²) in [5.41, 5.74) is 0. The van der Waals surface area contributed by atoms with Crippen molar-refractivity contribution in [1.29, 1.82) is 0 Å². The van der Waals surface area contributed by atoms with E-state index in [1.807, 2.05) is 13.8 Å². The van der Waals surface area contributed by atoms with Crippen LogP contribution < -0.4 is 0 Å². The number of carbonyl (C=O) groups excluding carboxylic acids is 3. The van der Waals surface area contributed by atoms with E-state index >= 15 is 0 Å². The first-order chi connectivity index (χ1) is 7.51. The maximum Gasteiger partial charge on any atom is 0.309 e. The number of Topliss-reactive ketones (excluding diaryl/α,β-unsaturated/α-hetero) is 1. The van der Waals surface area contributed by atoms with Crippen molar-refractivity contribution in [3.8, 4) is 0 Å². The second-order valence-electron chi connectivity index (χ2n) is 3.42. The van der Waals surface area contributed by atoms with Crippen molar-refractivity contribution in [1.82, 2.24) is 0 Å². The van der Waals surface area contributed by atoms with Gasteiger partial charge in [0.2, 0.25) is 5.78 Å². The molecule has 0 fully saturated rings. The van der Waals surface area contributed by atoms with Crippen LogP contribution in [0, 0.1) is 0 Å². The van der Waals surface area contributed by atoms with Crippen molar-refractivity contribution in [3.05, 3.63) is 0 Å². The molecule has 0 aliphatic heterocycles. The maximum absolute atomic E-state index is 11.1. The minimum absolute atomic E-state index is 0.203. The number of ketones is 1. The summed E-state index contributed by atoms with van der Waals surface area (Å²) in [5, 5.41) is 0. The molecule has 0 amide bonds. The average Bonchev–Trinajstić information content (AvgIpc) is 2.17. The Labute approximate surface area is 95.1 Å². The Morgan fingerprint density at radius 1 is 0.938 bits per heavy atom. The van der Waals surface area contributed by atoms with Crippen LogP contribution in [-0.2, 0) is 23.9 Å². The molecule has 5 nitrogen and oxygen atoms in total. The van der Waals surface area contributed by atoms with Crippen LogP contribution in [0.4, 0.5) is 0 Å². The maximum atomic E-state index is 11.1. The van der Waals surface area contributed by atoms with Crippen molar-refractivity contribution < 1.29 is 23.9 Å². The molecule has 0 spiro atoms. The van der Waals surface area contributed by atoms with E-state index < -0.39 is 24.0 Å². The second-order valence-corrected chi connectivity index (χ2v) is 3.42. The largest absolute Gasteiger partial charge is 0.417 e. The van der Waals surface area contributed by atoms with Crippen LogP contribution in [-0.4, -0.2) is 24.0 Å². The molecule has 0 radical (unpaired) electrons. The van der Waals surface area contributed by atoms with E-state index in [0.717, 1.165) is 0 Å². The Hall–Kier alpha value is -1.39. The summed E-state index contributed by atoms with van der Waals surface area (Å²) in [5.74, 6) is -1.56. The minimum Gasteiger partial charge on any atom is -0.417 e. The second kappa shape index (κ2) is 7.84. The van der Waals surface area contributed by atoms with Crippen molar-refractivity contribution in [2.75, 3.05) is 0 Å². The number of carbonyl (C=O) groups is 3. The normalized spacial score (nSPS) is 10.0. The number of esters is 2. The molecule has 0 rings (SSSR count). The van der Waals surface area contributed by atoms with E-state index in [2.05, 4.69) is 0 Å². The summed E-state index contributed by atoms with van der Waals surface area (Å²) in [6.45, 7) is 4.84. The minimum atomic E-state index is -1.39. The lowest BCUT2D eigenvalue weighted by Crippen LogP contribution is -2.30. The topological polar surface area (TPSA) is 69.7 Å². The molecular weight excluding hydrogens is 212 g/mol. The highest BCUT2D eigenvalue weighted by Gasteiger charge is 2.22. The fourth-order valence-corrected chi connectivity index (χ4v) is 0.955. The summed E-state index contributed by atoms with van der Waals surface area (Å²) < 4.78 is 9.48. The molecule has 0 bridgehead atoms. The van der Waals surface area contributed by atoms with Crippen LogP contribution in [0.25, 0.3) is 0 Å². The van der Waals surface area contributed by atoms with Gasteiger partial charge in [0, 0.05) is 19.8 Å². The fraction of sp³-hybridized carbons (Fsp3) is 0.727. The molecule has 0 atom stereocenters. The first kappa shape index (κ1) is 14.6. The molecule has 0 aliphatic carbocycles. The molecule has 0 saturated heterocycles.